The molecule has 1 unspecified atom stereocenters. The molecule has 1 atom stereocenters. The van der Waals surface area contributed by atoms with Crippen LogP contribution < -0.4 is 10.1 Å². The lowest BCUT2D eigenvalue weighted by molar-refractivity contribution is -0.147. The Morgan fingerprint density at radius 1 is 1.26 bits per heavy atom. The van der Waals surface area contributed by atoms with Crippen molar-refractivity contribution in [3.8, 4) is 5.75 Å². The van der Waals surface area contributed by atoms with Crippen molar-refractivity contribution in [2.75, 3.05) is 30.0 Å². The Hall–Kier alpha value is -2.88. The summed E-state index contributed by atoms with van der Waals surface area (Å²) in [7, 11) is -3.09. The van der Waals surface area contributed by atoms with Gasteiger partial charge in [0.2, 0.25) is 0 Å². The molecule has 1 N–H and O–H groups in total. The molecule has 168 valence electrons. The Labute approximate surface area is 181 Å². The number of hydrogen-bond acceptors (Lipinski definition) is 7. The molecule has 1 aliphatic heterocycles. The van der Waals surface area contributed by atoms with Gasteiger partial charge in [-0.3, -0.25) is 9.59 Å². The van der Waals surface area contributed by atoms with Crippen LogP contribution >= 0.6 is 0 Å². The van der Waals surface area contributed by atoms with Crippen LogP contribution in [0.2, 0.25) is 0 Å². The molecule has 3 rings (SSSR count). The fourth-order valence-corrected chi connectivity index (χ4v) is 5.06. The zero-order valence-electron chi connectivity index (χ0n) is 17.7. The maximum Gasteiger partial charge on any atom is 0.306 e. The summed E-state index contributed by atoms with van der Waals surface area (Å²) < 4.78 is 35.6. The minimum absolute atomic E-state index is 0.00338. The average Bonchev–Trinajstić information content (AvgIpc) is 3.25. The SMILES string of the molecule is Cc1cccc(OCCCC(=O)OCC(=O)Nc2cc(C)nn2C2CCS(=O)(=O)C2)c1. The first-order chi connectivity index (χ1) is 14.7. The Kier molecular flexibility index (Phi) is 7.32. The predicted molar refractivity (Wildman–Crippen MR) is 115 cm³/mol. The highest BCUT2D eigenvalue weighted by Crippen LogP contribution is 2.27. The predicted octanol–water partition coefficient (Wildman–Crippen LogP) is 2.20. The summed E-state index contributed by atoms with van der Waals surface area (Å²) in [5.74, 6) is 0.244. The molecule has 1 aromatic heterocycles. The molecule has 0 saturated carbocycles. The van der Waals surface area contributed by atoms with Crippen molar-refractivity contribution in [1.29, 1.82) is 0 Å². The maximum atomic E-state index is 12.2. The molecule has 2 heterocycles. The lowest BCUT2D eigenvalue weighted by Gasteiger charge is -2.14. The summed E-state index contributed by atoms with van der Waals surface area (Å²) >= 11 is 0. The maximum absolute atomic E-state index is 12.2. The number of nitrogens with zero attached hydrogens (tertiary/aromatic N) is 2. The van der Waals surface area contributed by atoms with E-state index in [0.717, 1.165) is 11.3 Å². The molecule has 1 saturated heterocycles. The fraction of sp³-hybridized carbons (Fsp3) is 0.476. The zero-order valence-corrected chi connectivity index (χ0v) is 18.5. The first-order valence-electron chi connectivity index (χ1n) is 10.1. The number of benzene rings is 1. The van der Waals surface area contributed by atoms with Crippen LogP contribution in [0.4, 0.5) is 5.82 Å². The van der Waals surface area contributed by atoms with E-state index in [0.29, 0.717) is 31.0 Å². The third-order valence-electron chi connectivity index (χ3n) is 4.83. The van der Waals surface area contributed by atoms with Crippen LogP contribution in [0.3, 0.4) is 0 Å². The largest absolute Gasteiger partial charge is 0.494 e. The van der Waals surface area contributed by atoms with Crippen molar-refractivity contribution in [1.82, 2.24) is 9.78 Å². The van der Waals surface area contributed by atoms with E-state index in [1.54, 1.807) is 13.0 Å². The first-order valence-corrected chi connectivity index (χ1v) is 12.0. The van der Waals surface area contributed by atoms with Crippen molar-refractivity contribution < 1.29 is 27.5 Å². The van der Waals surface area contributed by atoms with Crippen LogP contribution in [0.5, 0.6) is 5.75 Å². The fourth-order valence-electron chi connectivity index (χ4n) is 3.37. The van der Waals surface area contributed by atoms with Gasteiger partial charge in [0.1, 0.15) is 11.6 Å². The van der Waals surface area contributed by atoms with Gasteiger partial charge in [-0.25, -0.2) is 13.1 Å². The number of carbonyl (C=O) groups excluding carboxylic acids is 2. The smallest absolute Gasteiger partial charge is 0.306 e. The van der Waals surface area contributed by atoms with E-state index < -0.39 is 28.3 Å². The van der Waals surface area contributed by atoms with Gasteiger partial charge in [-0.2, -0.15) is 5.10 Å². The summed E-state index contributed by atoms with van der Waals surface area (Å²) in [6.45, 7) is 3.67. The molecule has 10 heteroatoms. The summed E-state index contributed by atoms with van der Waals surface area (Å²) in [5.41, 5.74) is 1.75. The summed E-state index contributed by atoms with van der Waals surface area (Å²) in [6, 6.07) is 8.98. The van der Waals surface area contributed by atoms with E-state index in [1.807, 2.05) is 31.2 Å². The second-order valence-corrected chi connectivity index (χ2v) is 9.88. The van der Waals surface area contributed by atoms with Crippen LogP contribution in [0.25, 0.3) is 0 Å². The van der Waals surface area contributed by atoms with Gasteiger partial charge in [0.25, 0.3) is 5.91 Å². The number of sulfone groups is 1. The lowest BCUT2D eigenvalue weighted by Crippen LogP contribution is -2.24. The first kappa shape index (κ1) is 22.8. The van der Waals surface area contributed by atoms with Gasteiger partial charge < -0.3 is 14.8 Å². The van der Waals surface area contributed by atoms with Crippen molar-refractivity contribution in [2.24, 2.45) is 0 Å². The van der Waals surface area contributed by atoms with Gasteiger partial charge in [-0.15, -0.1) is 0 Å². The molecule has 1 amide bonds. The van der Waals surface area contributed by atoms with Gasteiger partial charge in [0.05, 0.1) is 29.8 Å². The van der Waals surface area contributed by atoms with Crippen LogP contribution in [-0.2, 0) is 24.2 Å². The Balaban J connectivity index is 1.40. The molecule has 0 aliphatic carbocycles. The molecule has 2 aromatic rings. The number of amides is 1. The number of carbonyl (C=O) groups is 2. The topological polar surface area (TPSA) is 117 Å². The van der Waals surface area contributed by atoms with Crippen molar-refractivity contribution in [2.45, 2.75) is 39.2 Å². The number of aryl methyl sites for hydroxylation is 2. The summed E-state index contributed by atoms with van der Waals surface area (Å²) in [6.07, 6.45) is 1.05. The second kappa shape index (κ2) is 9.95. The van der Waals surface area contributed by atoms with Gasteiger partial charge in [0, 0.05) is 12.5 Å². The number of rotatable bonds is 9. The minimum atomic E-state index is -3.09. The summed E-state index contributed by atoms with van der Waals surface area (Å²) in [4.78, 5) is 24.1. The van der Waals surface area contributed by atoms with Crippen molar-refractivity contribution >= 4 is 27.5 Å². The molecular formula is C21H27N3O6S. The molecule has 9 nitrogen and oxygen atoms in total. The normalized spacial score (nSPS) is 17.3. The molecule has 0 bridgehead atoms. The Morgan fingerprint density at radius 2 is 2.06 bits per heavy atom. The minimum Gasteiger partial charge on any atom is -0.494 e. The molecule has 0 radical (unpaired) electrons. The summed E-state index contributed by atoms with van der Waals surface area (Å²) in [5, 5.41) is 6.95. The Morgan fingerprint density at radius 3 is 2.77 bits per heavy atom. The molecule has 1 aromatic carbocycles. The van der Waals surface area contributed by atoms with E-state index in [9.17, 15) is 18.0 Å². The number of aromatic nitrogens is 2. The second-order valence-electron chi connectivity index (χ2n) is 7.65. The quantitative estimate of drug-likeness (QED) is 0.461. The van der Waals surface area contributed by atoms with Crippen molar-refractivity contribution in [3.05, 3.63) is 41.6 Å². The van der Waals surface area contributed by atoms with E-state index >= 15 is 0 Å². The van der Waals surface area contributed by atoms with Gasteiger partial charge in [-0.1, -0.05) is 12.1 Å². The highest BCUT2D eigenvalue weighted by atomic mass is 32.2. The van der Waals surface area contributed by atoms with E-state index in [4.69, 9.17) is 9.47 Å². The van der Waals surface area contributed by atoms with Crippen molar-refractivity contribution in [3.63, 3.8) is 0 Å². The third-order valence-corrected chi connectivity index (χ3v) is 6.58. The van der Waals surface area contributed by atoms with E-state index in [2.05, 4.69) is 10.4 Å². The van der Waals surface area contributed by atoms with Crippen LogP contribution in [0.1, 0.15) is 36.6 Å². The highest BCUT2D eigenvalue weighted by molar-refractivity contribution is 7.91. The molecular weight excluding hydrogens is 422 g/mol. The van der Waals surface area contributed by atoms with Gasteiger partial charge >= 0.3 is 5.97 Å². The molecule has 31 heavy (non-hydrogen) atoms. The number of anilines is 1. The van der Waals surface area contributed by atoms with Gasteiger partial charge in [0.15, 0.2) is 16.4 Å². The van der Waals surface area contributed by atoms with Crippen LogP contribution in [-0.4, -0.2) is 54.8 Å². The third kappa shape index (κ3) is 6.81. The average molecular weight is 450 g/mol. The zero-order chi connectivity index (χ0) is 22.4. The molecule has 1 fully saturated rings. The van der Waals surface area contributed by atoms with E-state index in [-0.39, 0.29) is 24.0 Å². The monoisotopic (exact) mass is 449 g/mol. The highest BCUT2D eigenvalue weighted by Gasteiger charge is 2.31. The molecule has 0 spiro atoms. The van der Waals surface area contributed by atoms with Crippen LogP contribution in [0, 0.1) is 13.8 Å². The molecule has 1 aliphatic rings. The Bertz CT molecular complexity index is 1050. The van der Waals surface area contributed by atoms with Gasteiger partial charge in [-0.05, 0) is 44.4 Å². The number of hydrogen-bond donors (Lipinski definition) is 1. The lowest BCUT2D eigenvalue weighted by atomic mass is 10.2. The number of nitrogens with one attached hydrogen (secondary N) is 1. The standard InChI is InChI=1S/C21H27N3O6S/c1-15-5-3-6-18(11-15)29-9-4-7-21(26)30-13-20(25)22-19-12-16(2)23-24(19)17-8-10-31(27,28)14-17/h3,5-6,11-12,17H,4,7-10,13-14H2,1-2H3,(H,22,25). The number of esters is 1. The van der Waals surface area contributed by atoms with E-state index in [1.165, 1.54) is 4.68 Å². The number of ether oxygens (including phenoxy) is 2. The van der Waals surface area contributed by atoms with Crippen LogP contribution in [0.15, 0.2) is 30.3 Å².